The summed E-state index contributed by atoms with van der Waals surface area (Å²) in [5.41, 5.74) is 0.568. The largest absolute Gasteiger partial charge is 0.462 e. The fourth-order valence-electron chi connectivity index (χ4n) is 1.83. The summed E-state index contributed by atoms with van der Waals surface area (Å²) >= 11 is 0. The van der Waals surface area contributed by atoms with Crippen molar-refractivity contribution < 1.29 is 9.53 Å². The molecule has 4 nitrogen and oxygen atoms in total. The van der Waals surface area contributed by atoms with Gasteiger partial charge in [0.1, 0.15) is 0 Å². The van der Waals surface area contributed by atoms with Gasteiger partial charge in [0.2, 0.25) is 0 Å². The van der Waals surface area contributed by atoms with E-state index in [0.717, 1.165) is 25.9 Å². The van der Waals surface area contributed by atoms with Gasteiger partial charge < -0.3 is 10.1 Å². The smallest absolute Gasteiger partial charge is 0.338 e. The summed E-state index contributed by atoms with van der Waals surface area (Å²) in [7, 11) is 0. The maximum absolute atomic E-state index is 11.6. The summed E-state index contributed by atoms with van der Waals surface area (Å²) in [5, 5.41) is 3.30. The van der Waals surface area contributed by atoms with Gasteiger partial charge in [-0.2, -0.15) is 0 Å². The fraction of sp³-hybridized carbons (Fsp3) is 0.500. The third-order valence-corrected chi connectivity index (χ3v) is 2.77. The Hall–Kier alpha value is -1.42. The highest BCUT2D eigenvalue weighted by atomic mass is 16.5. The average molecular weight is 220 g/mol. The first-order chi connectivity index (χ1) is 7.86. The van der Waals surface area contributed by atoms with Gasteiger partial charge in [-0.1, -0.05) is 0 Å². The van der Waals surface area contributed by atoms with Gasteiger partial charge in [-0.15, -0.1) is 0 Å². The van der Waals surface area contributed by atoms with E-state index in [1.165, 1.54) is 0 Å². The predicted octanol–water partition coefficient (Wildman–Crippen LogP) is 1.24. The lowest BCUT2D eigenvalue weighted by atomic mass is 10.0. The summed E-state index contributed by atoms with van der Waals surface area (Å²) in [5.74, 6) is 0.201. The molecule has 0 amide bonds. The molecular formula is C12H16N2O2. The Morgan fingerprint density at radius 2 is 2.31 bits per heavy atom. The number of nitrogens with one attached hydrogen (secondary N) is 1. The highest BCUT2D eigenvalue weighted by molar-refractivity contribution is 5.89. The zero-order chi connectivity index (χ0) is 11.2. The van der Waals surface area contributed by atoms with Crippen molar-refractivity contribution in [1.82, 2.24) is 10.3 Å². The van der Waals surface area contributed by atoms with Crippen molar-refractivity contribution in [3.63, 3.8) is 0 Å². The number of piperidine rings is 1. The number of esters is 1. The van der Waals surface area contributed by atoms with Crippen LogP contribution in [0.2, 0.25) is 0 Å². The summed E-state index contributed by atoms with van der Waals surface area (Å²) in [6, 6.07) is 3.34. The molecule has 1 aliphatic heterocycles. The molecule has 1 N–H and O–H groups in total. The van der Waals surface area contributed by atoms with Crippen molar-refractivity contribution in [2.45, 2.75) is 12.8 Å². The molecule has 86 valence electrons. The molecule has 0 saturated carbocycles. The van der Waals surface area contributed by atoms with Crippen LogP contribution in [-0.2, 0) is 4.74 Å². The van der Waals surface area contributed by atoms with Crippen LogP contribution in [0.1, 0.15) is 23.2 Å². The first kappa shape index (κ1) is 11.1. The van der Waals surface area contributed by atoms with Crippen LogP contribution in [0.4, 0.5) is 0 Å². The summed E-state index contributed by atoms with van der Waals surface area (Å²) in [6.45, 7) is 2.53. The number of ether oxygens (including phenoxy) is 1. The van der Waals surface area contributed by atoms with Crippen LogP contribution in [0, 0.1) is 5.92 Å². The molecule has 1 atom stereocenters. The number of nitrogens with zero attached hydrogens (tertiary/aromatic N) is 1. The zero-order valence-corrected chi connectivity index (χ0v) is 9.19. The minimum absolute atomic E-state index is 0.257. The van der Waals surface area contributed by atoms with E-state index in [9.17, 15) is 4.79 Å². The molecule has 1 aromatic rings. The van der Waals surface area contributed by atoms with E-state index in [-0.39, 0.29) is 5.97 Å². The van der Waals surface area contributed by atoms with Crippen molar-refractivity contribution in [1.29, 1.82) is 0 Å². The lowest BCUT2D eigenvalue weighted by Gasteiger charge is -2.22. The molecule has 1 aliphatic rings. The molecule has 0 radical (unpaired) electrons. The molecule has 2 heterocycles. The summed E-state index contributed by atoms with van der Waals surface area (Å²) < 4.78 is 5.26. The van der Waals surface area contributed by atoms with E-state index in [1.54, 1.807) is 24.5 Å². The van der Waals surface area contributed by atoms with Crippen LogP contribution in [0.15, 0.2) is 24.5 Å². The SMILES string of the molecule is O=C(OC[C@@H]1CCCNC1)c1ccncc1. The Morgan fingerprint density at radius 1 is 1.50 bits per heavy atom. The van der Waals surface area contributed by atoms with Crippen LogP contribution in [0.5, 0.6) is 0 Å². The molecule has 16 heavy (non-hydrogen) atoms. The van der Waals surface area contributed by atoms with Crippen LogP contribution < -0.4 is 5.32 Å². The standard InChI is InChI=1S/C12H16N2O2/c15-12(11-3-6-13-7-4-11)16-9-10-2-1-5-14-8-10/h3-4,6-7,10,14H,1-2,5,8-9H2/t10-/m1/s1. The lowest BCUT2D eigenvalue weighted by molar-refractivity contribution is 0.0421. The van der Waals surface area contributed by atoms with Gasteiger partial charge in [-0.25, -0.2) is 4.79 Å². The quantitative estimate of drug-likeness (QED) is 0.779. The molecule has 0 aromatic carbocycles. The first-order valence-electron chi connectivity index (χ1n) is 5.64. The van der Waals surface area contributed by atoms with E-state index >= 15 is 0 Å². The molecule has 1 saturated heterocycles. The number of pyridine rings is 1. The van der Waals surface area contributed by atoms with Crippen LogP contribution >= 0.6 is 0 Å². The van der Waals surface area contributed by atoms with Gasteiger partial charge in [0.15, 0.2) is 0 Å². The number of hydrogen-bond donors (Lipinski definition) is 1. The molecule has 4 heteroatoms. The summed E-state index contributed by atoms with van der Waals surface area (Å²) in [4.78, 5) is 15.5. The second-order valence-corrected chi connectivity index (χ2v) is 4.05. The van der Waals surface area contributed by atoms with Gasteiger partial charge in [0, 0.05) is 24.9 Å². The molecule has 0 spiro atoms. The third kappa shape index (κ3) is 3.03. The van der Waals surface area contributed by atoms with E-state index in [0.29, 0.717) is 18.1 Å². The first-order valence-corrected chi connectivity index (χ1v) is 5.64. The minimum Gasteiger partial charge on any atom is -0.462 e. The molecule has 0 unspecified atom stereocenters. The van der Waals surface area contributed by atoms with Crippen molar-refractivity contribution in [2.24, 2.45) is 5.92 Å². The van der Waals surface area contributed by atoms with E-state index in [1.807, 2.05) is 0 Å². The maximum atomic E-state index is 11.6. The highest BCUT2D eigenvalue weighted by Crippen LogP contribution is 2.11. The van der Waals surface area contributed by atoms with Crippen molar-refractivity contribution in [3.8, 4) is 0 Å². The molecule has 1 fully saturated rings. The van der Waals surface area contributed by atoms with E-state index in [2.05, 4.69) is 10.3 Å². The second kappa shape index (κ2) is 5.61. The number of rotatable bonds is 3. The minimum atomic E-state index is -0.257. The van der Waals surface area contributed by atoms with Crippen LogP contribution in [-0.4, -0.2) is 30.6 Å². The van der Waals surface area contributed by atoms with Gasteiger partial charge in [0.25, 0.3) is 0 Å². The van der Waals surface area contributed by atoms with Gasteiger partial charge in [0.05, 0.1) is 12.2 Å². The Labute approximate surface area is 95.0 Å². The zero-order valence-electron chi connectivity index (χ0n) is 9.19. The molecule has 1 aromatic heterocycles. The lowest BCUT2D eigenvalue weighted by Crippen LogP contribution is -2.32. The number of hydrogen-bond acceptors (Lipinski definition) is 4. The van der Waals surface area contributed by atoms with E-state index in [4.69, 9.17) is 4.74 Å². The van der Waals surface area contributed by atoms with Crippen LogP contribution in [0.25, 0.3) is 0 Å². The van der Waals surface area contributed by atoms with Gasteiger partial charge in [-0.05, 0) is 31.5 Å². The Morgan fingerprint density at radius 3 is 3.00 bits per heavy atom. The summed E-state index contributed by atoms with van der Waals surface area (Å²) in [6.07, 6.45) is 5.49. The monoisotopic (exact) mass is 220 g/mol. The normalized spacial score (nSPS) is 20.4. The number of aromatic nitrogens is 1. The van der Waals surface area contributed by atoms with E-state index < -0.39 is 0 Å². The molecular weight excluding hydrogens is 204 g/mol. The molecule has 2 rings (SSSR count). The highest BCUT2D eigenvalue weighted by Gasteiger charge is 2.15. The van der Waals surface area contributed by atoms with Crippen LogP contribution in [0.3, 0.4) is 0 Å². The Bertz CT molecular complexity index is 334. The predicted molar refractivity (Wildman–Crippen MR) is 60.1 cm³/mol. The Balaban J connectivity index is 1.79. The molecule has 0 aliphatic carbocycles. The third-order valence-electron chi connectivity index (χ3n) is 2.77. The maximum Gasteiger partial charge on any atom is 0.338 e. The average Bonchev–Trinajstić information content (AvgIpc) is 2.38. The Kier molecular flexibility index (Phi) is 3.88. The van der Waals surface area contributed by atoms with Crippen molar-refractivity contribution in [3.05, 3.63) is 30.1 Å². The van der Waals surface area contributed by atoms with Gasteiger partial charge in [-0.3, -0.25) is 4.98 Å². The van der Waals surface area contributed by atoms with Crippen molar-refractivity contribution in [2.75, 3.05) is 19.7 Å². The fourth-order valence-corrected chi connectivity index (χ4v) is 1.83. The number of carbonyl (C=O) groups excluding carboxylic acids is 1. The van der Waals surface area contributed by atoms with Crippen molar-refractivity contribution >= 4 is 5.97 Å². The number of carbonyl (C=O) groups is 1. The molecule has 0 bridgehead atoms. The second-order valence-electron chi connectivity index (χ2n) is 4.05. The van der Waals surface area contributed by atoms with Gasteiger partial charge >= 0.3 is 5.97 Å². The topological polar surface area (TPSA) is 51.2 Å².